The summed E-state index contributed by atoms with van der Waals surface area (Å²) in [5.41, 5.74) is 1.55. The first-order valence-corrected chi connectivity index (χ1v) is 6.13. The predicted octanol–water partition coefficient (Wildman–Crippen LogP) is 2.09. The number of carbonyl (C=O) groups excluding carboxylic acids is 1. The van der Waals surface area contributed by atoms with E-state index >= 15 is 0 Å². The van der Waals surface area contributed by atoms with E-state index in [0.29, 0.717) is 18.0 Å². The summed E-state index contributed by atoms with van der Waals surface area (Å²) in [5, 5.41) is 2.83. The van der Waals surface area contributed by atoms with E-state index in [9.17, 15) is 4.79 Å². The van der Waals surface area contributed by atoms with Crippen molar-refractivity contribution in [3.63, 3.8) is 0 Å². The first kappa shape index (κ1) is 12.6. The zero-order valence-corrected chi connectivity index (χ0v) is 10.8. The van der Waals surface area contributed by atoms with Gasteiger partial charge in [0.1, 0.15) is 5.82 Å². The molecule has 0 unspecified atom stereocenters. The monoisotopic (exact) mass is 263 g/mol. The van der Waals surface area contributed by atoms with Crippen molar-refractivity contribution < 1.29 is 4.79 Å². The second-order valence-electron chi connectivity index (χ2n) is 3.97. The molecule has 1 aromatic carbocycles. The molecule has 0 aliphatic carbocycles. The summed E-state index contributed by atoms with van der Waals surface area (Å²) in [6.45, 7) is 0.410. The van der Waals surface area contributed by atoms with Crippen LogP contribution in [0.25, 0.3) is 0 Å². The quantitative estimate of drug-likeness (QED) is 0.859. The van der Waals surface area contributed by atoms with Crippen molar-refractivity contribution in [2.75, 3.05) is 0 Å². The molecule has 5 heteroatoms. The van der Waals surface area contributed by atoms with Crippen LogP contribution in [0.1, 0.15) is 21.7 Å². The van der Waals surface area contributed by atoms with Gasteiger partial charge in [0.2, 0.25) is 0 Å². The summed E-state index contributed by atoms with van der Waals surface area (Å²) < 4.78 is 1.87. The number of aromatic nitrogens is 2. The number of halogens is 1. The van der Waals surface area contributed by atoms with Crippen molar-refractivity contribution in [3.05, 3.63) is 53.6 Å². The van der Waals surface area contributed by atoms with E-state index in [4.69, 9.17) is 11.6 Å². The molecule has 1 N–H and O–H groups in total. The number of nitrogens with zero attached hydrogens (tertiary/aromatic N) is 2. The van der Waals surface area contributed by atoms with Gasteiger partial charge in [0.25, 0.3) is 5.91 Å². The van der Waals surface area contributed by atoms with Gasteiger partial charge in [-0.2, -0.15) is 0 Å². The average molecular weight is 264 g/mol. The van der Waals surface area contributed by atoms with Crippen LogP contribution in [0.2, 0.25) is 0 Å². The van der Waals surface area contributed by atoms with Crippen molar-refractivity contribution in [1.29, 1.82) is 0 Å². The number of alkyl halides is 1. The van der Waals surface area contributed by atoms with Gasteiger partial charge in [-0.3, -0.25) is 4.79 Å². The maximum Gasteiger partial charge on any atom is 0.251 e. The molecule has 0 radical (unpaired) electrons. The maximum absolute atomic E-state index is 11.9. The number of amides is 1. The Labute approximate surface area is 111 Å². The number of hydrogen-bond donors (Lipinski definition) is 1. The number of imidazole rings is 1. The van der Waals surface area contributed by atoms with Crippen LogP contribution in [0.15, 0.2) is 36.7 Å². The second kappa shape index (κ2) is 5.69. The lowest BCUT2D eigenvalue weighted by molar-refractivity contribution is 0.0949. The summed E-state index contributed by atoms with van der Waals surface area (Å²) >= 11 is 5.74. The Balaban J connectivity index is 2.01. The Morgan fingerprint density at radius 1 is 1.50 bits per heavy atom. The van der Waals surface area contributed by atoms with E-state index in [2.05, 4.69) is 10.3 Å². The van der Waals surface area contributed by atoms with Gasteiger partial charge in [0.05, 0.1) is 6.54 Å². The molecule has 1 amide bonds. The topological polar surface area (TPSA) is 46.9 Å². The lowest BCUT2D eigenvalue weighted by Gasteiger charge is -2.06. The van der Waals surface area contributed by atoms with Gasteiger partial charge in [-0.15, -0.1) is 11.6 Å². The first-order chi connectivity index (χ1) is 8.70. The zero-order valence-electron chi connectivity index (χ0n) is 10.1. The highest BCUT2D eigenvalue weighted by atomic mass is 35.5. The molecule has 0 saturated carbocycles. The van der Waals surface area contributed by atoms with Gasteiger partial charge in [-0.25, -0.2) is 4.98 Å². The van der Waals surface area contributed by atoms with Crippen LogP contribution < -0.4 is 5.32 Å². The molecule has 0 bridgehead atoms. The Morgan fingerprint density at radius 2 is 2.33 bits per heavy atom. The van der Waals surface area contributed by atoms with Crippen molar-refractivity contribution in [2.24, 2.45) is 7.05 Å². The molecule has 1 aromatic heterocycles. The number of nitrogens with one attached hydrogen (secondary N) is 1. The van der Waals surface area contributed by atoms with Gasteiger partial charge in [-0.05, 0) is 17.7 Å². The molecule has 0 aliphatic heterocycles. The number of carbonyl (C=O) groups is 1. The largest absolute Gasteiger partial charge is 0.345 e. The summed E-state index contributed by atoms with van der Waals surface area (Å²) in [6.07, 6.45) is 3.55. The maximum atomic E-state index is 11.9. The Bertz CT molecular complexity index is 551. The summed E-state index contributed by atoms with van der Waals surface area (Å²) in [4.78, 5) is 16.1. The SMILES string of the molecule is Cn1ccnc1CNC(=O)c1cccc(CCl)c1. The second-order valence-corrected chi connectivity index (χ2v) is 4.24. The molecule has 18 heavy (non-hydrogen) atoms. The summed E-state index contributed by atoms with van der Waals surface area (Å²) in [5.74, 6) is 1.10. The molecule has 4 nitrogen and oxygen atoms in total. The van der Waals surface area contributed by atoms with E-state index in [1.165, 1.54) is 0 Å². The third-order valence-electron chi connectivity index (χ3n) is 2.67. The molecular formula is C13H14ClN3O. The fourth-order valence-electron chi connectivity index (χ4n) is 1.62. The van der Waals surface area contributed by atoms with Crippen LogP contribution in [0.5, 0.6) is 0 Å². The number of hydrogen-bond acceptors (Lipinski definition) is 2. The fourth-order valence-corrected chi connectivity index (χ4v) is 1.79. The molecule has 0 atom stereocenters. The molecule has 0 fully saturated rings. The zero-order chi connectivity index (χ0) is 13.0. The molecule has 2 rings (SSSR count). The van der Waals surface area contributed by atoms with Gasteiger partial charge < -0.3 is 9.88 Å². The lowest BCUT2D eigenvalue weighted by atomic mass is 10.1. The lowest BCUT2D eigenvalue weighted by Crippen LogP contribution is -2.24. The third kappa shape index (κ3) is 2.90. The standard InChI is InChI=1S/C13H14ClN3O/c1-17-6-5-15-12(17)9-16-13(18)11-4-2-3-10(7-11)8-14/h2-7H,8-9H2,1H3,(H,16,18). The molecule has 2 aromatic rings. The minimum absolute atomic E-state index is 0.120. The van der Waals surface area contributed by atoms with Crippen molar-refractivity contribution >= 4 is 17.5 Å². The fraction of sp³-hybridized carbons (Fsp3) is 0.231. The van der Waals surface area contributed by atoms with Crippen LogP contribution in [0, 0.1) is 0 Å². The minimum atomic E-state index is -0.120. The average Bonchev–Trinajstić information content (AvgIpc) is 2.81. The van der Waals surface area contributed by atoms with E-state index < -0.39 is 0 Å². The number of rotatable bonds is 4. The van der Waals surface area contributed by atoms with E-state index in [0.717, 1.165) is 11.4 Å². The van der Waals surface area contributed by atoms with Crippen LogP contribution in [0.3, 0.4) is 0 Å². The van der Waals surface area contributed by atoms with Crippen LogP contribution in [-0.4, -0.2) is 15.5 Å². The highest BCUT2D eigenvalue weighted by Crippen LogP contribution is 2.08. The van der Waals surface area contributed by atoms with E-state index in [-0.39, 0.29) is 5.91 Å². The van der Waals surface area contributed by atoms with Gasteiger partial charge >= 0.3 is 0 Å². The van der Waals surface area contributed by atoms with Gasteiger partial charge in [-0.1, -0.05) is 12.1 Å². The van der Waals surface area contributed by atoms with Crippen LogP contribution in [0.4, 0.5) is 0 Å². The van der Waals surface area contributed by atoms with Crippen LogP contribution in [-0.2, 0) is 19.5 Å². The predicted molar refractivity (Wildman–Crippen MR) is 70.4 cm³/mol. The Kier molecular flexibility index (Phi) is 3.99. The van der Waals surface area contributed by atoms with Crippen molar-refractivity contribution in [3.8, 4) is 0 Å². The summed E-state index contributed by atoms with van der Waals surface area (Å²) in [6, 6.07) is 7.28. The van der Waals surface area contributed by atoms with Crippen LogP contribution >= 0.6 is 11.6 Å². The Morgan fingerprint density at radius 3 is 3.00 bits per heavy atom. The molecule has 94 valence electrons. The Hall–Kier alpha value is -1.81. The number of benzene rings is 1. The van der Waals surface area contributed by atoms with E-state index in [1.54, 1.807) is 18.3 Å². The number of aryl methyl sites for hydroxylation is 1. The van der Waals surface area contributed by atoms with Crippen molar-refractivity contribution in [2.45, 2.75) is 12.4 Å². The normalized spacial score (nSPS) is 10.3. The molecule has 0 aliphatic rings. The smallest absolute Gasteiger partial charge is 0.251 e. The molecular weight excluding hydrogens is 250 g/mol. The highest BCUT2D eigenvalue weighted by Gasteiger charge is 2.07. The van der Waals surface area contributed by atoms with Gasteiger partial charge in [0.15, 0.2) is 0 Å². The first-order valence-electron chi connectivity index (χ1n) is 5.60. The molecule has 0 spiro atoms. The summed E-state index contributed by atoms with van der Waals surface area (Å²) in [7, 11) is 1.89. The van der Waals surface area contributed by atoms with E-state index in [1.807, 2.05) is 29.9 Å². The molecule has 0 saturated heterocycles. The third-order valence-corrected chi connectivity index (χ3v) is 2.98. The van der Waals surface area contributed by atoms with Gasteiger partial charge in [0, 0.05) is 30.9 Å². The highest BCUT2D eigenvalue weighted by molar-refractivity contribution is 6.17. The molecule has 1 heterocycles. The van der Waals surface area contributed by atoms with Crippen molar-refractivity contribution in [1.82, 2.24) is 14.9 Å². The minimum Gasteiger partial charge on any atom is -0.345 e.